The van der Waals surface area contributed by atoms with Gasteiger partial charge in [0.05, 0.1) is 0 Å². The number of hydrogen-bond acceptors (Lipinski definition) is 2. The maximum absolute atomic E-state index is 12.4. The van der Waals surface area contributed by atoms with Gasteiger partial charge in [0.25, 0.3) is 5.56 Å². The van der Waals surface area contributed by atoms with E-state index < -0.39 is 5.97 Å². The van der Waals surface area contributed by atoms with Gasteiger partial charge in [-0.3, -0.25) is 9.59 Å². The zero-order valence-electron chi connectivity index (χ0n) is 11.4. The number of unbranched alkanes of at least 4 members (excludes halogenated alkanes) is 1. The smallest absolute Gasteiger partial charge is 0.303 e. The first-order valence-corrected chi connectivity index (χ1v) is 7.09. The minimum absolute atomic E-state index is 0.0235. The first-order chi connectivity index (χ1) is 9.13. The van der Waals surface area contributed by atoms with Crippen molar-refractivity contribution in [2.45, 2.75) is 58.4 Å². The van der Waals surface area contributed by atoms with Crippen LogP contribution in [0.4, 0.5) is 0 Å². The second-order valence-corrected chi connectivity index (χ2v) is 5.20. The zero-order valence-corrected chi connectivity index (χ0v) is 11.4. The molecule has 4 heteroatoms. The quantitative estimate of drug-likeness (QED) is 0.855. The van der Waals surface area contributed by atoms with Crippen LogP contribution in [0.3, 0.4) is 0 Å². The summed E-state index contributed by atoms with van der Waals surface area (Å²) >= 11 is 0. The van der Waals surface area contributed by atoms with Crippen LogP contribution in [0, 0.1) is 0 Å². The molecule has 1 N–H and O–H groups in total. The molecule has 1 aromatic heterocycles. The molecule has 0 unspecified atom stereocenters. The average Bonchev–Trinajstić information content (AvgIpc) is 2.83. The van der Waals surface area contributed by atoms with E-state index in [1.807, 2.05) is 10.6 Å². The van der Waals surface area contributed by atoms with E-state index in [9.17, 15) is 9.59 Å². The van der Waals surface area contributed by atoms with E-state index in [0.29, 0.717) is 12.0 Å². The fourth-order valence-electron chi connectivity index (χ4n) is 2.76. The fraction of sp³-hybridized carbons (Fsp3) is 0.600. The molecule has 0 amide bonds. The Morgan fingerprint density at radius 2 is 2.21 bits per heavy atom. The normalized spacial score (nSPS) is 13.5. The lowest BCUT2D eigenvalue weighted by Crippen LogP contribution is -2.27. The molecule has 1 aliphatic carbocycles. The molecule has 1 aliphatic rings. The number of carbonyl (C=O) groups is 1. The van der Waals surface area contributed by atoms with Crippen molar-refractivity contribution in [3.05, 3.63) is 33.2 Å². The molecular formula is C15H21NO3. The van der Waals surface area contributed by atoms with Gasteiger partial charge in [0.1, 0.15) is 0 Å². The molecule has 0 atom stereocenters. The van der Waals surface area contributed by atoms with Crippen LogP contribution in [0.25, 0.3) is 0 Å². The fourth-order valence-corrected chi connectivity index (χ4v) is 2.76. The molecule has 104 valence electrons. The summed E-state index contributed by atoms with van der Waals surface area (Å²) in [6, 6.07) is 1.94. The standard InChI is InChI=1S/C15H21NO3/c1-2-3-9-16-13-6-4-5-11(13)10-12(15(16)19)7-8-14(17)18/h10H,2-9H2,1H3,(H,17,18). The number of hydrogen-bond donors (Lipinski definition) is 1. The number of fused-ring (bicyclic) bond motifs is 1. The summed E-state index contributed by atoms with van der Waals surface area (Å²) in [7, 11) is 0. The van der Waals surface area contributed by atoms with Gasteiger partial charge in [-0.2, -0.15) is 0 Å². The van der Waals surface area contributed by atoms with Crippen LogP contribution in [0.5, 0.6) is 0 Å². The van der Waals surface area contributed by atoms with E-state index in [0.717, 1.165) is 38.6 Å². The van der Waals surface area contributed by atoms with Gasteiger partial charge in [0.15, 0.2) is 0 Å². The van der Waals surface area contributed by atoms with Gasteiger partial charge >= 0.3 is 5.97 Å². The van der Waals surface area contributed by atoms with E-state index in [1.165, 1.54) is 11.3 Å². The van der Waals surface area contributed by atoms with E-state index in [1.54, 1.807) is 0 Å². The number of carboxylic acids is 1. The monoisotopic (exact) mass is 263 g/mol. The summed E-state index contributed by atoms with van der Waals surface area (Å²) in [6.45, 7) is 2.87. The molecule has 1 aromatic rings. The Bertz CT molecular complexity index is 531. The van der Waals surface area contributed by atoms with Crippen LogP contribution >= 0.6 is 0 Å². The number of rotatable bonds is 6. The molecular weight excluding hydrogens is 242 g/mol. The highest BCUT2D eigenvalue weighted by Gasteiger charge is 2.18. The van der Waals surface area contributed by atoms with Crippen molar-refractivity contribution in [3.8, 4) is 0 Å². The lowest BCUT2D eigenvalue weighted by Gasteiger charge is -2.14. The predicted molar refractivity (Wildman–Crippen MR) is 73.6 cm³/mol. The SMILES string of the molecule is CCCCn1c2c(cc(CCC(=O)O)c1=O)CCC2. The van der Waals surface area contributed by atoms with Gasteiger partial charge in [-0.1, -0.05) is 13.3 Å². The second-order valence-electron chi connectivity index (χ2n) is 5.20. The van der Waals surface area contributed by atoms with E-state index in [2.05, 4.69) is 6.92 Å². The lowest BCUT2D eigenvalue weighted by atomic mass is 10.1. The van der Waals surface area contributed by atoms with Crippen molar-refractivity contribution in [2.24, 2.45) is 0 Å². The summed E-state index contributed by atoms with van der Waals surface area (Å²) < 4.78 is 1.89. The molecule has 0 saturated carbocycles. The minimum Gasteiger partial charge on any atom is -0.481 e. The summed E-state index contributed by atoms with van der Waals surface area (Å²) in [4.78, 5) is 23.1. The third-order valence-electron chi connectivity index (χ3n) is 3.77. The van der Waals surface area contributed by atoms with Crippen molar-refractivity contribution in [3.63, 3.8) is 0 Å². The number of aliphatic carboxylic acids is 1. The van der Waals surface area contributed by atoms with Crippen molar-refractivity contribution in [1.82, 2.24) is 4.57 Å². The van der Waals surface area contributed by atoms with Crippen molar-refractivity contribution < 1.29 is 9.90 Å². The molecule has 0 radical (unpaired) electrons. The van der Waals surface area contributed by atoms with Crippen molar-refractivity contribution >= 4 is 5.97 Å². The number of nitrogens with zero attached hydrogens (tertiary/aromatic N) is 1. The molecule has 0 spiro atoms. The van der Waals surface area contributed by atoms with E-state index in [4.69, 9.17) is 5.11 Å². The summed E-state index contributed by atoms with van der Waals surface area (Å²) in [5, 5.41) is 8.76. The Kier molecular flexibility index (Phi) is 4.40. The third kappa shape index (κ3) is 3.06. The van der Waals surface area contributed by atoms with Gasteiger partial charge < -0.3 is 9.67 Å². The Morgan fingerprint density at radius 3 is 2.89 bits per heavy atom. The van der Waals surface area contributed by atoms with Crippen LogP contribution < -0.4 is 5.56 Å². The molecule has 0 fully saturated rings. The number of pyridine rings is 1. The highest BCUT2D eigenvalue weighted by molar-refractivity contribution is 5.67. The van der Waals surface area contributed by atoms with Crippen molar-refractivity contribution in [1.29, 1.82) is 0 Å². The maximum Gasteiger partial charge on any atom is 0.303 e. The first kappa shape index (κ1) is 13.8. The largest absolute Gasteiger partial charge is 0.481 e. The predicted octanol–water partition coefficient (Wildman–Crippen LogP) is 2.15. The van der Waals surface area contributed by atoms with Crippen LogP contribution in [0.2, 0.25) is 0 Å². The van der Waals surface area contributed by atoms with Crippen LogP contribution in [-0.2, 0) is 30.6 Å². The van der Waals surface area contributed by atoms with Crippen molar-refractivity contribution in [2.75, 3.05) is 0 Å². The van der Waals surface area contributed by atoms with Gasteiger partial charge in [-0.05, 0) is 43.7 Å². The van der Waals surface area contributed by atoms with E-state index in [-0.39, 0.29) is 12.0 Å². The summed E-state index contributed by atoms with van der Waals surface area (Å²) in [5.41, 5.74) is 3.11. The molecule has 0 saturated heterocycles. The molecule has 2 rings (SSSR count). The minimum atomic E-state index is -0.847. The van der Waals surface area contributed by atoms with Crippen LogP contribution in [-0.4, -0.2) is 15.6 Å². The number of aromatic nitrogens is 1. The van der Waals surface area contributed by atoms with Crippen LogP contribution in [0.1, 0.15) is 49.4 Å². The maximum atomic E-state index is 12.4. The van der Waals surface area contributed by atoms with E-state index >= 15 is 0 Å². The molecule has 0 bridgehead atoms. The molecule has 1 heterocycles. The number of aryl methyl sites for hydroxylation is 2. The van der Waals surface area contributed by atoms with Crippen LogP contribution in [0.15, 0.2) is 10.9 Å². The topological polar surface area (TPSA) is 59.3 Å². The van der Waals surface area contributed by atoms with Gasteiger partial charge in [0, 0.05) is 24.2 Å². The highest BCUT2D eigenvalue weighted by Crippen LogP contribution is 2.22. The second kappa shape index (κ2) is 6.04. The Labute approximate surface area is 113 Å². The lowest BCUT2D eigenvalue weighted by molar-refractivity contribution is -0.136. The Hall–Kier alpha value is -1.58. The Balaban J connectivity index is 2.34. The van der Waals surface area contributed by atoms with Gasteiger partial charge in [0.2, 0.25) is 0 Å². The molecule has 4 nitrogen and oxygen atoms in total. The highest BCUT2D eigenvalue weighted by atomic mass is 16.4. The van der Waals surface area contributed by atoms with Gasteiger partial charge in [-0.25, -0.2) is 0 Å². The zero-order chi connectivity index (χ0) is 13.8. The first-order valence-electron chi connectivity index (χ1n) is 7.09. The third-order valence-corrected chi connectivity index (χ3v) is 3.77. The molecule has 19 heavy (non-hydrogen) atoms. The average molecular weight is 263 g/mol. The number of carboxylic acid groups (broad SMARTS) is 1. The summed E-state index contributed by atoms with van der Waals surface area (Å²) in [6.07, 6.45) is 5.52. The summed E-state index contributed by atoms with van der Waals surface area (Å²) in [5.74, 6) is -0.847. The van der Waals surface area contributed by atoms with Gasteiger partial charge in [-0.15, -0.1) is 0 Å². The molecule has 0 aliphatic heterocycles. The Morgan fingerprint density at radius 1 is 1.42 bits per heavy atom. The molecule has 0 aromatic carbocycles.